The molecule has 0 unspecified atom stereocenters. The maximum absolute atomic E-state index is 13.5. The predicted molar refractivity (Wildman–Crippen MR) is 94.8 cm³/mol. The third-order valence-corrected chi connectivity index (χ3v) is 6.18. The number of hydrogen-bond donors (Lipinski definition) is 0. The highest BCUT2D eigenvalue weighted by Crippen LogP contribution is 2.44. The van der Waals surface area contributed by atoms with Gasteiger partial charge in [-0.05, 0) is 25.0 Å². The molecule has 1 aromatic heterocycles. The predicted octanol–water partition coefficient (Wildman–Crippen LogP) is 4.38. The quantitative estimate of drug-likeness (QED) is 0.651. The minimum atomic E-state index is -5.59. The van der Waals surface area contributed by atoms with Crippen molar-refractivity contribution in [1.29, 1.82) is 0 Å². The molecule has 4 nitrogen and oxygen atoms in total. The zero-order valence-corrected chi connectivity index (χ0v) is 15.1. The summed E-state index contributed by atoms with van der Waals surface area (Å²) in [5, 5.41) is 4.27. The summed E-state index contributed by atoms with van der Waals surface area (Å²) in [7, 11) is -5.59. The summed E-state index contributed by atoms with van der Waals surface area (Å²) in [6.45, 7) is 2.13. The summed E-state index contributed by atoms with van der Waals surface area (Å²) >= 11 is 0. The lowest BCUT2D eigenvalue weighted by atomic mass is 9.96. The zero-order valence-electron chi connectivity index (χ0n) is 14.3. The molecule has 4 rings (SSSR count). The van der Waals surface area contributed by atoms with Crippen LogP contribution in [0.25, 0.3) is 22.5 Å². The molecule has 2 aromatic carbocycles. The summed E-state index contributed by atoms with van der Waals surface area (Å²) in [5.41, 5.74) is -3.11. The Bertz CT molecular complexity index is 1130. The van der Waals surface area contributed by atoms with Gasteiger partial charge in [-0.1, -0.05) is 48.0 Å². The Morgan fingerprint density at radius 2 is 1.78 bits per heavy atom. The van der Waals surface area contributed by atoms with Crippen LogP contribution < -0.4 is 0 Å². The number of aromatic nitrogens is 2. The van der Waals surface area contributed by atoms with Crippen molar-refractivity contribution in [3.8, 4) is 22.5 Å². The molecule has 3 aromatic rings. The Morgan fingerprint density at radius 1 is 1.07 bits per heavy atom. The van der Waals surface area contributed by atoms with Crippen molar-refractivity contribution in [2.24, 2.45) is 0 Å². The Balaban J connectivity index is 2.11. The van der Waals surface area contributed by atoms with Crippen LogP contribution in [0, 0.1) is 6.92 Å². The molecule has 0 N–H and O–H groups in total. The average Bonchev–Trinajstić information content (AvgIpc) is 3.02. The number of fused-ring (bicyclic) bond motifs is 3. The van der Waals surface area contributed by atoms with Crippen LogP contribution in [-0.4, -0.2) is 23.7 Å². The van der Waals surface area contributed by atoms with E-state index in [-0.39, 0.29) is 11.4 Å². The largest absolute Gasteiger partial charge is 0.502 e. The van der Waals surface area contributed by atoms with E-state index in [9.17, 15) is 21.6 Å². The minimum absolute atomic E-state index is 0.0103. The summed E-state index contributed by atoms with van der Waals surface area (Å²) < 4.78 is 66.9. The van der Waals surface area contributed by atoms with Crippen LogP contribution in [0.1, 0.15) is 11.1 Å². The van der Waals surface area contributed by atoms with E-state index >= 15 is 0 Å². The topological polar surface area (TPSA) is 52.0 Å². The SMILES string of the molecule is Cc1ccc2c(c1)-c1c(S(=O)(=O)C(F)(F)F)c(-c3ccccc3)nn1CC2. The van der Waals surface area contributed by atoms with Gasteiger partial charge >= 0.3 is 5.51 Å². The Labute approximate surface area is 154 Å². The van der Waals surface area contributed by atoms with E-state index in [1.54, 1.807) is 36.4 Å². The van der Waals surface area contributed by atoms with Gasteiger partial charge in [-0.2, -0.15) is 18.3 Å². The van der Waals surface area contributed by atoms with Crippen molar-refractivity contribution >= 4 is 9.84 Å². The fourth-order valence-electron chi connectivity index (χ4n) is 3.38. The number of nitrogens with zero attached hydrogens (tertiary/aromatic N) is 2. The van der Waals surface area contributed by atoms with Gasteiger partial charge in [0.25, 0.3) is 9.84 Å². The first-order valence-corrected chi connectivity index (χ1v) is 9.76. The Kier molecular flexibility index (Phi) is 3.92. The van der Waals surface area contributed by atoms with Crippen LogP contribution in [0.3, 0.4) is 0 Å². The molecule has 1 aliphatic rings. The standard InChI is InChI=1S/C19H15F3N2O2S/c1-12-7-8-13-9-10-24-17(15(13)11-12)18(27(25,26)19(20,21)22)16(23-24)14-5-3-2-4-6-14/h2-8,11H,9-10H2,1H3. The van der Waals surface area contributed by atoms with E-state index in [1.165, 1.54) is 4.68 Å². The van der Waals surface area contributed by atoms with Gasteiger partial charge in [0.2, 0.25) is 0 Å². The third kappa shape index (κ3) is 2.75. The maximum atomic E-state index is 13.5. The molecule has 0 fully saturated rings. The number of benzene rings is 2. The highest BCUT2D eigenvalue weighted by Gasteiger charge is 2.51. The van der Waals surface area contributed by atoms with Gasteiger partial charge in [0.15, 0.2) is 0 Å². The summed E-state index contributed by atoms with van der Waals surface area (Å²) in [6.07, 6.45) is 0.573. The van der Waals surface area contributed by atoms with Crippen molar-refractivity contribution in [2.75, 3.05) is 0 Å². The molecule has 8 heteroatoms. The maximum Gasteiger partial charge on any atom is 0.502 e. The monoisotopic (exact) mass is 392 g/mol. The van der Waals surface area contributed by atoms with Gasteiger partial charge in [-0.25, -0.2) is 8.42 Å². The normalized spacial score (nSPS) is 13.9. The highest BCUT2D eigenvalue weighted by molar-refractivity contribution is 7.92. The molecule has 0 aliphatic carbocycles. The number of hydrogen-bond acceptors (Lipinski definition) is 3. The number of alkyl halides is 3. The van der Waals surface area contributed by atoms with Gasteiger partial charge in [0, 0.05) is 17.7 Å². The van der Waals surface area contributed by atoms with Crippen molar-refractivity contribution in [3.63, 3.8) is 0 Å². The van der Waals surface area contributed by atoms with Crippen molar-refractivity contribution in [1.82, 2.24) is 9.78 Å². The molecule has 0 spiro atoms. The zero-order chi connectivity index (χ0) is 19.4. The van der Waals surface area contributed by atoms with Crippen LogP contribution in [0.4, 0.5) is 13.2 Å². The van der Waals surface area contributed by atoms with Crippen molar-refractivity contribution in [3.05, 3.63) is 59.7 Å². The van der Waals surface area contributed by atoms with Gasteiger partial charge in [-0.3, -0.25) is 4.68 Å². The third-order valence-electron chi connectivity index (χ3n) is 4.64. The van der Waals surface area contributed by atoms with Crippen LogP contribution >= 0.6 is 0 Å². The molecule has 2 heterocycles. The smallest absolute Gasteiger partial charge is 0.263 e. The van der Waals surface area contributed by atoms with E-state index < -0.39 is 20.2 Å². The number of rotatable bonds is 2. The van der Waals surface area contributed by atoms with Crippen LogP contribution in [0.15, 0.2) is 53.4 Å². The first kappa shape index (κ1) is 17.8. The molecule has 27 heavy (non-hydrogen) atoms. The van der Waals surface area contributed by atoms with Gasteiger partial charge < -0.3 is 0 Å². The lowest BCUT2D eigenvalue weighted by molar-refractivity contribution is -0.0435. The Morgan fingerprint density at radius 3 is 2.44 bits per heavy atom. The second-order valence-corrected chi connectivity index (χ2v) is 8.35. The van der Waals surface area contributed by atoms with Crippen molar-refractivity contribution < 1.29 is 21.6 Å². The van der Waals surface area contributed by atoms with E-state index in [1.807, 2.05) is 19.1 Å². The van der Waals surface area contributed by atoms with Gasteiger partial charge in [-0.15, -0.1) is 0 Å². The second kappa shape index (κ2) is 5.95. The molecule has 1 aliphatic heterocycles. The van der Waals surface area contributed by atoms with Gasteiger partial charge in [0.1, 0.15) is 10.6 Å². The summed E-state index contributed by atoms with van der Waals surface area (Å²) in [4.78, 5) is -0.771. The fraction of sp³-hybridized carbons (Fsp3) is 0.211. The molecular formula is C19H15F3N2O2S. The molecule has 0 atom stereocenters. The molecule has 0 bridgehead atoms. The van der Waals surface area contributed by atoms with E-state index in [0.717, 1.165) is 11.1 Å². The first-order chi connectivity index (χ1) is 12.7. The number of halogens is 3. The van der Waals surface area contributed by atoms with Crippen LogP contribution in [0.2, 0.25) is 0 Å². The molecule has 140 valence electrons. The molecule has 0 saturated carbocycles. The van der Waals surface area contributed by atoms with Crippen LogP contribution in [0.5, 0.6) is 0 Å². The number of aryl methyl sites for hydroxylation is 3. The van der Waals surface area contributed by atoms with E-state index in [4.69, 9.17) is 0 Å². The van der Waals surface area contributed by atoms with Crippen LogP contribution in [-0.2, 0) is 22.8 Å². The van der Waals surface area contributed by atoms with E-state index in [0.29, 0.717) is 24.1 Å². The lowest BCUT2D eigenvalue weighted by Gasteiger charge is -2.20. The summed E-state index contributed by atoms with van der Waals surface area (Å²) in [6, 6.07) is 13.5. The Hall–Kier alpha value is -2.61. The number of sulfone groups is 1. The molecular weight excluding hydrogens is 377 g/mol. The minimum Gasteiger partial charge on any atom is -0.263 e. The lowest BCUT2D eigenvalue weighted by Crippen LogP contribution is -2.25. The first-order valence-electron chi connectivity index (χ1n) is 8.27. The average molecular weight is 392 g/mol. The molecule has 0 amide bonds. The molecule has 0 saturated heterocycles. The van der Waals surface area contributed by atoms with Gasteiger partial charge in [0.05, 0.1) is 5.69 Å². The fourth-order valence-corrected chi connectivity index (χ4v) is 4.49. The summed E-state index contributed by atoms with van der Waals surface area (Å²) in [5.74, 6) is 0. The second-order valence-electron chi connectivity index (χ2n) is 6.48. The van der Waals surface area contributed by atoms with Crippen molar-refractivity contribution in [2.45, 2.75) is 30.3 Å². The molecule has 0 radical (unpaired) electrons. The van der Waals surface area contributed by atoms with E-state index in [2.05, 4.69) is 5.10 Å². The highest BCUT2D eigenvalue weighted by atomic mass is 32.2.